The molecule has 1 aromatic rings. The van der Waals surface area contributed by atoms with E-state index in [0.717, 1.165) is 17.4 Å². The van der Waals surface area contributed by atoms with Crippen molar-refractivity contribution in [1.29, 1.82) is 0 Å². The molecule has 1 rings (SSSR count). The second-order valence-corrected chi connectivity index (χ2v) is 3.98. The van der Waals surface area contributed by atoms with Crippen LogP contribution >= 0.6 is 11.8 Å². The fourth-order valence-electron chi connectivity index (χ4n) is 1.11. The molecule has 0 aliphatic rings. The molecule has 5 heteroatoms. The summed E-state index contributed by atoms with van der Waals surface area (Å²) in [4.78, 5) is 15.5. The molecule has 0 bridgehead atoms. The van der Waals surface area contributed by atoms with Gasteiger partial charge in [-0.15, -0.1) is 0 Å². The summed E-state index contributed by atoms with van der Waals surface area (Å²) in [6.07, 6.45) is 0. The molecule has 0 saturated carbocycles. The normalized spacial score (nSPS) is 9.88. The fourth-order valence-corrected chi connectivity index (χ4v) is 1.80. The van der Waals surface area contributed by atoms with Crippen LogP contribution in [0.3, 0.4) is 0 Å². The summed E-state index contributed by atoms with van der Waals surface area (Å²) in [7, 11) is 0. The molecule has 0 aromatic carbocycles. The van der Waals surface area contributed by atoms with Crippen LogP contribution in [0.4, 0.5) is 5.82 Å². The van der Waals surface area contributed by atoms with Crippen LogP contribution in [0.2, 0.25) is 0 Å². The third-order valence-electron chi connectivity index (χ3n) is 1.72. The van der Waals surface area contributed by atoms with Gasteiger partial charge in [0.25, 0.3) is 0 Å². The number of rotatable bonds is 6. The molecular formula is C11H16N2O2S. The Bertz CT molecular complexity index is 345. The average Bonchev–Trinajstić information content (AvgIpc) is 2.28. The maximum absolute atomic E-state index is 11.1. The first-order chi connectivity index (χ1) is 7.76. The molecule has 4 nitrogen and oxygen atoms in total. The zero-order valence-corrected chi connectivity index (χ0v) is 10.3. The highest BCUT2D eigenvalue weighted by atomic mass is 32.2. The Morgan fingerprint density at radius 3 is 3.00 bits per heavy atom. The number of pyridine rings is 1. The van der Waals surface area contributed by atoms with Gasteiger partial charge in [0.15, 0.2) is 0 Å². The lowest BCUT2D eigenvalue weighted by atomic mass is 10.4. The second kappa shape index (κ2) is 7.11. The van der Waals surface area contributed by atoms with Crippen LogP contribution in [0.1, 0.15) is 13.8 Å². The van der Waals surface area contributed by atoms with Gasteiger partial charge in [0.1, 0.15) is 5.82 Å². The lowest BCUT2D eigenvalue weighted by Gasteiger charge is -2.04. The van der Waals surface area contributed by atoms with Gasteiger partial charge in [-0.2, -0.15) is 0 Å². The Morgan fingerprint density at radius 2 is 2.31 bits per heavy atom. The summed E-state index contributed by atoms with van der Waals surface area (Å²) in [6.45, 7) is 5.07. The third-order valence-corrected chi connectivity index (χ3v) is 2.63. The van der Waals surface area contributed by atoms with Gasteiger partial charge in [-0.05, 0) is 26.0 Å². The first kappa shape index (κ1) is 12.8. The monoisotopic (exact) mass is 240 g/mol. The highest BCUT2D eigenvalue weighted by molar-refractivity contribution is 7.99. The molecule has 16 heavy (non-hydrogen) atoms. The van der Waals surface area contributed by atoms with Gasteiger partial charge in [0.05, 0.1) is 17.4 Å². The zero-order chi connectivity index (χ0) is 11.8. The lowest BCUT2D eigenvalue weighted by molar-refractivity contribution is -0.139. The van der Waals surface area contributed by atoms with Crippen LogP contribution < -0.4 is 5.32 Å². The van der Waals surface area contributed by atoms with E-state index in [2.05, 4.69) is 10.3 Å². The minimum Gasteiger partial charge on any atom is -0.465 e. The van der Waals surface area contributed by atoms with Gasteiger partial charge >= 0.3 is 5.97 Å². The van der Waals surface area contributed by atoms with Crippen molar-refractivity contribution in [2.24, 2.45) is 0 Å². The maximum Gasteiger partial charge on any atom is 0.316 e. The molecule has 0 radical (unpaired) electrons. The van der Waals surface area contributed by atoms with Crippen LogP contribution in [-0.4, -0.2) is 29.9 Å². The molecule has 1 aromatic heterocycles. The van der Waals surface area contributed by atoms with Crippen LogP contribution in [0.15, 0.2) is 23.2 Å². The van der Waals surface area contributed by atoms with E-state index in [1.807, 2.05) is 25.1 Å². The molecule has 0 aliphatic carbocycles. The highest BCUT2D eigenvalue weighted by Crippen LogP contribution is 2.17. The summed E-state index contributed by atoms with van der Waals surface area (Å²) < 4.78 is 4.84. The van der Waals surface area contributed by atoms with E-state index < -0.39 is 0 Å². The van der Waals surface area contributed by atoms with Crippen molar-refractivity contribution in [1.82, 2.24) is 4.98 Å². The standard InChI is InChI=1S/C11H16N2O2S/c1-3-12-9-6-5-7-10(13-9)16-8-11(14)15-4-2/h5-7H,3-4,8H2,1-2H3,(H,12,13). The van der Waals surface area contributed by atoms with Gasteiger partial charge in [-0.25, -0.2) is 4.98 Å². The average molecular weight is 240 g/mol. The van der Waals surface area contributed by atoms with E-state index in [1.54, 1.807) is 6.92 Å². The molecule has 1 heterocycles. The Balaban J connectivity index is 2.47. The van der Waals surface area contributed by atoms with Crippen LogP contribution in [0.5, 0.6) is 0 Å². The van der Waals surface area contributed by atoms with Crippen molar-refractivity contribution in [3.63, 3.8) is 0 Å². The number of hydrogen-bond acceptors (Lipinski definition) is 5. The molecular weight excluding hydrogens is 224 g/mol. The number of nitrogens with zero attached hydrogens (tertiary/aromatic N) is 1. The number of carbonyl (C=O) groups excluding carboxylic acids is 1. The number of thioether (sulfide) groups is 1. The van der Waals surface area contributed by atoms with E-state index in [-0.39, 0.29) is 5.97 Å². The van der Waals surface area contributed by atoms with Crippen LogP contribution in [0.25, 0.3) is 0 Å². The predicted octanol–water partition coefficient (Wildman–Crippen LogP) is 2.17. The van der Waals surface area contributed by atoms with Gasteiger partial charge < -0.3 is 10.1 Å². The summed E-state index contributed by atoms with van der Waals surface area (Å²) in [5, 5.41) is 3.95. The fraction of sp³-hybridized carbons (Fsp3) is 0.455. The Kier molecular flexibility index (Phi) is 5.71. The molecule has 0 saturated heterocycles. The SMILES string of the molecule is CCNc1cccc(SCC(=O)OCC)n1. The first-order valence-corrected chi connectivity index (χ1v) is 6.24. The van der Waals surface area contributed by atoms with Crippen molar-refractivity contribution >= 4 is 23.5 Å². The molecule has 88 valence electrons. The van der Waals surface area contributed by atoms with Gasteiger partial charge in [0.2, 0.25) is 0 Å². The maximum atomic E-state index is 11.1. The molecule has 0 amide bonds. The van der Waals surface area contributed by atoms with Crippen molar-refractivity contribution in [2.45, 2.75) is 18.9 Å². The lowest BCUT2D eigenvalue weighted by Crippen LogP contribution is -2.07. The number of hydrogen-bond donors (Lipinski definition) is 1. The van der Waals surface area contributed by atoms with Gasteiger partial charge in [0, 0.05) is 6.54 Å². The first-order valence-electron chi connectivity index (χ1n) is 5.25. The minimum absolute atomic E-state index is 0.205. The van der Waals surface area contributed by atoms with E-state index >= 15 is 0 Å². The smallest absolute Gasteiger partial charge is 0.316 e. The van der Waals surface area contributed by atoms with Gasteiger partial charge in [-0.1, -0.05) is 17.8 Å². The Hall–Kier alpha value is -1.23. The quantitative estimate of drug-likeness (QED) is 0.610. The largest absolute Gasteiger partial charge is 0.465 e. The molecule has 0 unspecified atom stereocenters. The van der Waals surface area contributed by atoms with Crippen molar-refractivity contribution in [2.75, 3.05) is 24.2 Å². The van der Waals surface area contributed by atoms with Gasteiger partial charge in [-0.3, -0.25) is 4.79 Å². The molecule has 0 fully saturated rings. The number of anilines is 1. The minimum atomic E-state index is -0.205. The topological polar surface area (TPSA) is 51.2 Å². The van der Waals surface area contributed by atoms with E-state index in [9.17, 15) is 4.79 Å². The number of ether oxygens (including phenoxy) is 1. The molecule has 1 N–H and O–H groups in total. The molecule has 0 atom stereocenters. The van der Waals surface area contributed by atoms with E-state index in [4.69, 9.17) is 4.74 Å². The highest BCUT2D eigenvalue weighted by Gasteiger charge is 2.04. The second-order valence-electron chi connectivity index (χ2n) is 2.99. The Labute approximate surface area is 99.8 Å². The van der Waals surface area contributed by atoms with Crippen molar-refractivity contribution in [3.05, 3.63) is 18.2 Å². The van der Waals surface area contributed by atoms with E-state index in [0.29, 0.717) is 12.4 Å². The third kappa shape index (κ3) is 4.53. The molecule has 0 spiro atoms. The van der Waals surface area contributed by atoms with Crippen LogP contribution in [-0.2, 0) is 9.53 Å². The van der Waals surface area contributed by atoms with Crippen molar-refractivity contribution < 1.29 is 9.53 Å². The summed E-state index contributed by atoms with van der Waals surface area (Å²) in [6, 6.07) is 5.70. The molecule has 0 aliphatic heterocycles. The zero-order valence-electron chi connectivity index (χ0n) is 9.53. The number of esters is 1. The summed E-state index contributed by atoms with van der Waals surface area (Å²) >= 11 is 1.38. The summed E-state index contributed by atoms with van der Waals surface area (Å²) in [5.41, 5.74) is 0. The van der Waals surface area contributed by atoms with E-state index in [1.165, 1.54) is 11.8 Å². The summed E-state index contributed by atoms with van der Waals surface area (Å²) in [5.74, 6) is 0.927. The number of nitrogens with one attached hydrogen (secondary N) is 1. The number of aromatic nitrogens is 1. The van der Waals surface area contributed by atoms with Crippen LogP contribution in [0, 0.1) is 0 Å². The van der Waals surface area contributed by atoms with Crippen molar-refractivity contribution in [3.8, 4) is 0 Å². The predicted molar refractivity (Wildman–Crippen MR) is 65.8 cm³/mol. The Morgan fingerprint density at radius 1 is 1.50 bits per heavy atom. The number of carbonyl (C=O) groups is 1.